The summed E-state index contributed by atoms with van der Waals surface area (Å²) in [5.74, 6) is 1.55. The topological polar surface area (TPSA) is 47.0 Å². The van der Waals surface area contributed by atoms with Crippen LogP contribution in [0.25, 0.3) is 10.9 Å². The van der Waals surface area contributed by atoms with Crippen molar-refractivity contribution in [3.8, 4) is 11.5 Å². The zero-order valence-electron chi connectivity index (χ0n) is 11.2. The van der Waals surface area contributed by atoms with Crippen molar-refractivity contribution in [3.05, 3.63) is 60.6 Å². The van der Waals surface area contributed by atoms with E-state index in [0.717, 1.165) is 28.0 Å². The first kappa shape index (κ1) is 12.6. The van der Waals surface area contributed by atoms with Gasteiger partial charge in [-0.05, 0) is 25.2 Å². The van der Waals surface area contributed by atoms with E-state index >= 15 is 0 Å². The SMILES string of the molecule is CNCc1cnccc1Oc1cccc2cccnc12. The molecule has 2 heterocycles. The van der Waals surface area contributed by atoms with Gasteiger partial charge in [0.15, 0.2) is 5.75 Å². The fourth-order valence-corrected chi connectivity index (χ4v) is 2.11. The fraction of sp³-hybridized carbons (Fsp3) is 0.125. The second-order valence-corrected chi connectivity index (χ2v) is 4.45. The molecule has 0 bridgehead atoms. The van der Waals surface area contributed by atoms with E-state index in [1.807, 2.05) is 49.6 Å². The number of fused-ring (bicyclic) bond motifs is 1. The number of hydrogen-bond acceptors (Lipinski definition) is 4. The lowest BCUT2D eigenvalue weighted by atomic mass is 10.2. The Hall–Kier alpha value is -2.46. The molecule has 0 saturated heterocycles. The zero-order chi connectivity index (χ0) is 13.8. The Morgan fingerprint density at radius 2 is 1.95 bits per heavy atom. The van der Waals surface area contributed by atoms with E-state index in [1.54, 1.807) is 12.4 Å². The van der Waals surface area contributed by atoms with Crippen LogP contribution < -0.4 is 10.1 Å². The fourth-order valence-electron chi connectivity index (χ4n) is 2.11. The molecule has 3 rings (SSSR count). The van der Waals surface area contributed by atoms with Crippen molar-refractivity contribution >= 4 is 10.9 Å². The molecule has 4 heteroatoms. The minimum Gasteiger partial charge on any atom is -0.455 e. The normalized spacial score (nSPS) is 10.7. The number of rotatable bonds is 4. The van der Waals surface area contributed by atoms with Gasteiger partial charge in [-0.15, -0.1) is 0 Å². The predicted octanol–water partition coefficient (Wildman–Crippen LogP) is 3.14. The molecule has 1 aromatic carbocycles. The summed E-state index contributed by atoms with van der Waals surface area (Å²) < 4.78 is 6.03. The molecule has 0 aliphatic carbocycles. The predicted molar refractivity (Wildman–Crippen MR) is 78.8 cm³/mol. The highest BCUT2D eigenvalue weighted by Crippen LogP contribution is 2.29. The van der Waals surface area contributed by atoms with Crippen LogP contribution in [0.4, 0.5) is 0 Å². The number of pyridine rings is 2. The summed E-state index contributed by atoms with van der Waals surface area (Å²) in [5.41, 5.74) is 1.88. The number of nitrogens with zero attached hydrogens (tertiary/aromatic N) is 2. The molecule has 0 aliphatic heterocycles. The minimum atomic E-state index is 0.710. The van der Waals surface area contributed by atoms with Gasteiger partial charge in [-0.25, -0.2) is 0 Å². The van der Waals surface area contributed by atoms with Gasteiger partial charge < -0.3 is 10.1 Å². The summed E-state index contributed by atoms with van der Waals surface area (Å²) in [7, 11) is 1.90. The maximum atomic E-state index is 6.03. The van der Waals surface area contributed by atoms with E-state index in [9.17, 15) is 0 Å². The molecule has 1 N–H and O–H groups in total. The lowest BCUT2D eigenvalue weighted by Gasteiger charge is -2.11. The van der Waals surface area contributed by atoms with Crippen LogP contribution in [0.15, 0.2) is 55.0 Å². The smallest absolute Gasteiger partial charge is 0.153 e. The number of benzene rings is 1. The minimum absolute atomic E-state index is 0.710. The Kier molecular flexibility index (Phi) is 3.56. The van der Waals surface area contributed by atoms with Gasteiger partial charge in [0.25, 0.3) is 0 Å². The molecular formula is C16H15N3O. The molecule has 0 saturated carbocycles. The Balaban J connectivity index is 2.01. The number of nitrogens with one attached hydrogen (secondary N) is 1. The van der Waals surface area contributed by atoms with Crippen LogP contribution in [-0.4, -0.2) is 17.0 Å². The van der Waals surface area contributed by atoms with Gasteiger partial charge in [0, 0.05) is 36.1 Å². The Bertz CT molecular complexity index is 722. The largest absolute Gasteiger partial charge is 0.455 e. The van der Waals surface area contributed by atoms with E-state index in [0.29, 0.717) is 6.54 Å². The molecule has 0 atom stereocenters. The van der Waals surface area contributed by atoms with E-state index < -0.39 is 0 Å². The van der Waals surface area contributed by atoms with E-state index in [-0.39, 0.29) is 0 Å². The van der Waals surface area contributed by atoms with Gasteiger partial charge in [-0.1, -0.05) is 18.2 Å². The van der Waals surface area contributed by atoms with Crippen LogP contribution in [0.2, 0.25) is 0 Å². The first-order valence-electron chi connectivity index (χ1n) is 6.47. The molecule has 0 amide bonds. The van der Waals surface area contributed by atoms with E-state index in [4.69, 9.17) is 4.74 Å². The maximum absolute atomic E-state index is 6.03. The molecule has 0 spiro atoms. The average Bonchev–Trinajstić information content (AvgIpc) is 2.50. The summed E-state index contributed by atoms with van der Waals surface area (Å²) >= 11 is 0. The van der Waals surface area contributed by atoms with Gasteiger partial charge >= 0.3 is 0 Å². The van der Waals surface area contributed by atoms with Crippen molar-refractivity contribution < 1.29 is 4.74 Å². The summed E-state index contributed by atoms with van der Waals surface area (Å²) in [6.07, 6.45) is 5.31. The number of ether oxygens (including phenoxy) is 1. The second-order valence-electron chi connectivity index (χ2n) is 4.45. The highest BCUT2D eigenvalue weighted by Gasteiger charge is 2.07. The van der Waals surface area contributed by atoms with Crippen LogP contribution in [0, 0.1) is 0 Å². The molecule has 0 fully saturated rings. The highest BCUT2D eigenvalue weighted by atomic mass is 16.5. The Morgan fingerprint density at radius 3 is 2.85 bits per heavy atom. The van der Waals surface area contributed by atoms with E-state index in [2.05, 4.69) is 15.3 Å². The molecule has 4 nitrogen and oxygen atoms in total. The van der Waals surface area contributed by atoms with Crippen molar-refractivity contribution in [3.63, 3.8) is 0 Å². The quantitative estimate of drug-likeness (QED) is 0.787. The Morgan fingerprint density at radius 1 is 1.05 bits per heavy atom. The molecule has 0 aliphatic rings. The lowest BCUT2D eigenvalue weighted by Crippen LogP contribution is -2.06. The van der Waals surface area contributed by atoms with Crippen LogP contribution in [0.5, 0.6) is 11.5 Å². The number of para-hydroxylation sites is 1. The summed E-state index contributed by atoms with van der Waals surface area (Å²) in [4.78, 5) is 8.53. The average molecular weight is 265 g/mol. The van der Waals surface area contributed by atoms with E-state index in [1.165, 1.54) is 0 Å². The van der Waals surface area contributed by atoms with Crippen molar-refractivity contribution in [1.82, 2.24) is 15.3 Å². The third-order valence-electron chi connectivity index (χ3n) is 3.04. The molecule has 100 valence electrons. The van der Waals surface area contributed by atoms with Crippen molar-refractivity contribution in [1.29, 1.82) is 0 Å². The van der Waals surface area contributed by atoms with Crippen molar-refractivity contribution in [2.75, 3.05) is 7.05 Å². The van der Waals surface area contributed by atoms with Crippen LogP contribution >= 0.6 is 0 Å². The van der Waals surface area contributed by atoms with Crippen LogP contribution in [0.1, 0.15) is 5.56 Å². The zero-order valence-corrected chi connectivity index (χ0v) is 11.2. The van der Waals surface area contributed by atoms with Gasteiger partial charge in [0.05, 0.1) is 0 Å². The third kappa shape index (κ3) is 2.46. The molecule has 0 unspecified atom stereocenters. The monoisotopic (exact) mass is 265 g/mol. The third-order valence-corrected chi connectivity index (χ3v) is 3.04. The molecule has 20 heavy (non-hydrogen) atoms. The maximum Gasteiger partial charge on any atom is 0.153 e. The first-order valence-corrected chi connectivity index (χ1v) is 6.47. The standard InChI is InChI=1S/C16H15N3O/c1-17-10-13-11-18-9-7-14(13)20-15-6-2-4-12-5-3-8-19-16(12)15/h2-9,11,17H,10H2,1H3. The summed E-state index contributed by atoms with van der Waals surface area (Å²) in [6, 6.07) is 11.7. The number of aromatic nitrogens is 2. The van der Waals surface area contributed by atoms with Gasteiger partial charge in [0.2, 0.25) is 0 Å². The van der Waals surface area contributed by atoms with Crippen LogP contribution in [-0.2, 0) is 6.54 Å². The first-order chi connectivity index (χ1) is 9.88. The summed E-state index contributed by atoms with van der Waals surface area (Å²) in [5, 5.41) is 4.18. The molecule has 2 aromatic heterocycles. The van der Waals surface area contributed by atoms with Crippen molar-refractivity contribution in [2.24, 2.45) is 0 Å². The van der Waals surface area contributed by atoms with Crippen LogP contribution in [0.3, 0.4) is 0 Å². The highest BCUT2D eigenvalue weighted by molar-refractivity contribution is 5.84. The number of hydrogen-bond donors (Lipinski definition) is 1. The molecular weight excluding hydrogens is 250 g/mol. The van der Waals surface area contributed by atoms with Gasteiger partial charge in [-0.2, -0.15) is 0 Å². The lowest BCUT2D eigenvalue weighted by molar-refractivity contribution is 0.477. The second kappa shape index (κ2) is 5.67. The summed E-state index contributed by atoms with van der Waals surface area (Å²) in [6.45, 7) is 0.710. The van der Waals surface area contributed by atoms with Crippen molar-refractivity contribution in [2.45, 2.75) is 6.54 Å². The van der Waals surface area contributed by atoms with Gasteiger partial charge in [0.1, 0.15) is 11.3 Å². The molecule has 0 radical (unpaired) electrons. The Labute approximate surface area is 117 Å². The molecule has 3 aromatic rings. The van der Waals surface area contributed by atoms with Gasteiger partial charge in [-0.3, -0.25) is 9.97 Å².